The molecule has 0 aliphatic carbocycles. The fourth-order valence-corrected chi connectivity index (χ4v) is 2.12. The van der Waals surface area contributed by atoms with Gasteiger partial charge in [0, 0.05) is 25.6 Å². The Bertz CT molecular complexity index is 408. The molecule has 0 saturated carbocycles. The Labute approximate surface area is 100 Å². The third-order valence-electron chi connectivity index (χ3n) is 3.09. The van der Waals surface area contributed by atoms with Gasteiger partial charge in [0.25, 0.3) is 0 Å². The Hall–Kier alpha value is -1.42. The summed E-state index contributed by atoms with van der Waals surface area (Å²) in [6, 6.07) is 6.51. The average molecular weight is 236 g/mol. The first kappa shape index (κ1) is 12.0. The van der Waals surface area contributed by atoms with Crippen molar-refractivity contribution in [1.29, 1.82) is 0 Å². The monoisotopic (exact) mass is 236 g/mol. The zero-order valence-corrected chi connectivity index (χ0v) is 9.73. The van der Waals surface area contributed by atoms with Gasteiger partial charge >= 0.3 is 0 Å². The molecule has 0 unspecified atom stereocenters. The summed E-state index contributed by atoms with van der Waals surface area (Å²) in [6.45, 7) is 1.41. The van der Waals surface area contributed by atoms with E-state index in [1.54, 1.807) is 11.0 Å². The van der Waals surface area contributed by atoms with Crippen LogP contribution in [0, 0.1) is 5.82 Å². The second-order valence-corrected chi connectivity index (χ2v) is 4.52. The molecule has 1 aliphatic rings. The lowest BCUT2D eigenvalue weighted by Gasteiger charge is -2.15. The van der Waals surface area contributed by atoms with Crippen LogP contribution in [0.4, 0.5) is 4.39 Å². The van der Waals surface area contributed by atoms with Gasteiger partial charge in [-0.25, -0.2) is 4.39 Å². The lowest BCUT2D eigenvalue weighted by atomic mass is 10.1. The van der Waals surface area contributed by atoms with Gasteiger partial charge in [0.15, 0.2) is 0 Å². The minimum absolute atomic E-state index is 0.113. The quantitative estimate of drug-likeness (QED) is 0.860. The van der Waals surface area contributed by atoms with E-state index in [1.807, 2.05) is 6.07 Å². The Morgan fingerprint density at radius 1 is 1.53 bits per heavy atom. The number of nitrogens with zero attached hydrogens (tertiary/aromatic N) is 1. The maximum atomic E-state index is 12.9. The van der Waals surface area contributed by atoms with Gasteiger partial charge in [0.05, 0.1) is 0 Å². The summed E-state index contributed by atoms with van der Waals surface area (Å²) in [5, 5.41) is 0. The fourth-order valence-electron chi connectivity index (χ4n) is 2.12. The molecule has 2 rings (SSSR count). The van der Waals surface area contributed by atoms with Crippen molar-refractivity contribution in [1.82, 2.24) is 4.90 Å². The van der Waals surface area contributed by atoms with Crippen LogP contribution in [-0.4, -0.2) is 29.9 Å². The van der Waals surface area contributed by atoms with E-state index in [2.05, 4.69) is 0 Å². The largest absolute Gasteiger partial charge is 0.341 e. The molecule has 3 nitrogen and oxygen atoms in total. The first-order valence-electron chi connectivity index (χ1n) is 5.93. The normalized spacial score (nSPS) is 19.6. The van der Waals surface area contributed by atoms with Gasteiger partial charge < -0.3 is 10.6 Å². The number of amides is 1. The molecule has 0 bridgehead atoms. The molecule has 1 aromatic rings. The van der Waals surface area contributed by atoms with Crippen LogP contribution >= 0.6 is 0 Å². The number of aryl methyl sites for hydroxylation is 1. The lowest BCUT2D eigenvalue weighted by Crippen LogP contribution is -2.31. The third-order valence-corrected chi connectivity index (χ3v) is 3.09. The van der Waals surface area contributed by atoms with Crippen LogP contribution in [0.15, 0.2) is 24.3 Å². The lowest BCUT2D eigenvalue weighted by molar-refractivity contribution is -0.130. The fraction of sp³-hybridized carbons (Fsp3) is 0.462. The predicted molar refractivity (Wildman–Crippen MR) is 63.9 cm³/mol. The van der Waals surface area contributed by atoms with Crippen molar-refractivity contribution >= 4 is 5.91 Å². The van der Waals surface area contributed by atoms with Crippen LogP contribution in [-0.2, 0) is 11.2 Å². The number of nitrogens with two attached hydrogens (primary N) is 1. The Balaban J connectivity index is 1.84. The topological polar surface area (TPSA) is 46.3 Å². The standard InChI is InChI=1S/C13H17FN2O/c14-11-3-1-2-10(8-11)4-5-13(17)16-7-6-12(15)9-16/h1-3,8,12H,4-7,9,15H2/t12-/m1/s1. The van der Waals surface area contributed by atoms with Gasteiger partial charge in [-0.15, -0.1) is 0 Å². The summed E-state index contributed by atoms with van der Waals surface area (Å²) >= 11 is 0. The molecule has 17 heavy (non-hydrogen) atoms. The van der Waals surface area contributed by atoms with Crippen LogP contribution in [0.2, 0.25) is 0 Å². The summed E-state index contributed by atoms with van der Waals surface area (Å²) in [5.41, 5.74) is 6.61. The van der Waals surface area contributed by atoms with Crippen LogP contribution in [0.25, 0.3) is 0 Å². The van der Waals surface area contributed by atoms with Crippen molar-refractivity contribution in [3.05, 3.63) is 35.6 Å². The Kier molecular flexibility index (Phi) is 3.74. The zero-order chi connectivity index (χ0) is 12.3. The van der Waals surface area contributed by atoms with E-state index in [9.17, 15) is 9.18 Å². The summed E-state index contributed by atoms with van der Waals surface area (Å²) in [4.78, 5) is 13.6. The molecule has 92 valence electrons. The molecular weight excluding hydrogens is 219 g/mol. The molecule has 1 aromatic carbocycles. The van der Waals surface area contributed by atoms with Gasteiger partial charge in [-0.05, 0) is 30.5 Å². The second-order valence-electron chi connectivity index (χ2n) is 4.52. The Morgan fingerprint density at radius 3 is 3.00 bits per heavy atom. The molecule has 4 heteroatoms. The van der Waals surface area contributed by atoms with Crippen molar-refractivity contribution in [3.63, 3.8) is 0 Å². The van der Waals surface area contributed by atoms with E-state index in [1.165, 1.54) is 12.1 Å². The van der Waals surface area contributed by atoms with Crippen molar-refractivity contribution < 1.29 is 9.18 Å². The van der Waals surface area contributed by atoms with Crippen LogP contribution < -0.4 is 5.73 Å². The van der Waals surface area contributed by atoms with Crippen LogP contribution in [0.5, 0.6) is 0 Å². The average Bonchev–Trinajstić information content (AvgIpc) is 2.73. The van der Waals surface area contributed by atoms with Gasteiger partial charge in [-0.2, -0.15) is 0 Å². The van der Waals surface area contributed by atoms with Crippen LogP contribution in [0.3, 0.4) is 0 Å². The van der Waals surface area contributed by atoms with E-state index in [-0.39, 0.29) is 17.8 Å². The number of carbonyl (C=O) groups is 1. The number of hydrogen-bond donors (Lipinski definition) is 1. The summed E-state index contributed by atoms with van der Waals surface area (Å²) in [7, 11) is 0. The molecule has 1 fully saturated rings. The van der Waals surface area contributed by atoms with Gasteiger partial charge in [-0.1, -0.05) is 12.1 Å². The van der Waals surface area contributed by atoms with Crippen molar-refractivity contribution in [2.24, 2.45) is 5.73 Å². The first-order chi connectivity index (χ1) is 8.15. The van der Waals surface area contributed by atoms with E-state index < -0.39 is 0 Å². The molecule has 1 saturated heterocycles. The number of likely N-dealkylation sites (tertiary alicyclic amines) is 1. The maximum absolute atomic E-state index is 12.9. The number of halogens is 1. The van der Waals surface area contributed by atoms with Crippen LogP contribution in [0.1, 0.15) is 18.4 Å². The second kappa shape index (κ2) is 5.27. The van der Waals surface area contributed by atoms with Crippen molar-refractivity contribution in [2.75, 3.05) is 13.1 Å². The van der Waals surface area contributed by atoms with Gasteiger partial charge in [-0.3, -0.25) is 4.79 Å². The highest BCUT2D eigenvalue weighted by atomic mass is 19.1. The Morgan fingerprint density at radius 2 is 2.35 bits per heavy atom. The first-order valence-corrected chi connectivity index (χ1v) is 5.93. The smallest absolute Gasteiger partial charge is 0.222 e. The minimum Gasteiger partial charge on any atom is -0.341 e. The summed E-state index contributed by atoms with van der Waals surface area (Å²) < 4.78 is 12.9. The van der Waals surface area contributed by atoms with Gasteiger partial charge in [0.1, 0.15) is 5.82 Å². The van der Waals surface area contributed by atoms with E-state index in [0.717, 1.165) is 18.5 Å². The van der Waals surface area contributed by atoms with Crippen molar-refractivity contribution in [2.45, 2.75) is 25.3 Å². The number of carbonyl (C=O) groups excluding carboxylic acids is 1. The summed E-state index contributed by atoms with van der Waals surface area (Å²) in [6.07, 6.45) is 1.89. The highest BCUT2D eigenvalue weighted by molar-refractivity contribution is 5.76. The van der Waals surface area contributed by atoms with Crippen molar-refractivity contribution in [3.8, 4) is 0 Å². The predicted octanol–water partition coefficient (Wildman–Crippen LogP) is 1.32. The molecule has 1 aliphatic heterocycles. The number of hydrogen-bond acceptors (Lipinski definition) is 2. The molecule has 2 N–H and O–H groups in total. The molecule has 0 aromatic heterocycles. The van der Waals surface area contributed by atoms with E-state index in [0.29, 0.717) is 19.4 Å². The van der Waals surface area contributed by atoms with E-state index >= 15 is 0 Å². The molecule has 0 spiro atoms. The molecule has 1 heterocycles. The van der Waals surface area contributed by atoms with E-state index in [4.69, 9.17) is 5.73 Å². The van der Waals surface area contributed by atoms with Gasteiger partial charge in [0.2, 0.25) is 5.91 Å². The number of rotatable bonds is 3. The number of benzene rings is 1. The summed E-state index contributed by atoms with van der Waals surface area (Å²) in [5.74, 6) is -0.139. The zero-order valence-electron chi connectivity index (χ0n) is 9.73. The molecular formula is C13H17FN2O. The molecule has 0 radical (unpaired) electrons. The molecule has 1 atom stereocenters. The highest BCUT2D eigenvalue weighted by Gasteiger charge is 2.22. The maximum Gasteiger partial charge on any atom is 0.222 e. The SMILES string of the molecule is N[C@@H]1CCN(C(=O)CCc2cccc(F)c2)C1. The highest BCUT2D eigenvalue weighted by Crippen LogP contribution is 2.11. The third kappa shape index (κ3) is 3.27. The minimum atomic E-state index is -0.252. The molecule has 1 amide bonds.